The first-order valence-corrected chi connectivity index (χ1v) is 8.78. The van der Waals surface area contributed by atoms with Crippen LogP contribution >= 0.6 is 24.0 Å². The van der Waals surface area contributed by atoms with Crippen molar-refractivity contribution in [2.24, 2.45) is 4.99 Å². The van der Waals surface area contributed by atoms with E-state index in [0.717, 1.165) is 63.4 Å². The third-order valence-electron chi connectivity index (χ3n) is 4.88. The van der Waals surface area contributed by atoms with Crippen LogP contribution in [0, 0.1) is 0 Å². The molecule has 0 saturated carbocycles. The topological polar surface area (TPSA) is 79.6 Å². The predicted molar refractivity (Wildman–Crippen MR) is 108 cm³/mol. The third kappa shape index (κ3) is 5.04. The van der Waals surface area contributed by atoms with Crippen LogP contribution in [0.15, 0.2) is 4.99 Å². The van der Waals surface area contributed by atoms with Crippen LogP contribution < -0.4 is 10.6 Å². The number of fused-ring (bicyclic) bond motifs is 1. The third-order valence-corrected chi connectivity index (χ3v) is 4.88. The van der Waals surface area contributed by atoms with Gasteiger partial charge in [-0.25, -0.2) is 0 Å². The number of rotatable bonds is 5. The molecular weight excluding hydrogens is 433 g/mol. The second-order valence-corrected chi connectivity index (χ2v) is 6.98. The molecule has 0 radical (unpaired) electrons. The Bertz CT molecular complexity index is 581. The second kappa shape index (κ2) is 9.13. The molecule has 0 atom stereocenters. The van der Waals surface area contributed by atoms with Crippen molar-refractivity contribution < 1.29 is 4.74 Å². The molecule has 1 saturated heterocycles. The minimum absolute atomic E-state index is 0. The average Bonchev–Trinajstić information content (AvgIpc) is 3.20. The van der Waals surface area contributed by atoms with E-state index >= 15 is 0 Å². The minimum Gasteiger partial charge on any atom is -0.379 e. The molecule has 3 rings (SSSR count). The van der Waals surface area contributed by atoms with Crippen molar-refractivity contribution in [1.82, 2.24) is 30.3 Å². The lowest BCUT2D eigenvalue weighted by Gasteiger charge is -2.41. The maximum Gasteiger partial charge on any atom is 0.191 e. The molecule has 2 aliphatic rings. The van der Waals surface area contributed by atoms with Crippen LogP contribution in [0.1, 0.15) is 31.9 Å². The fourth-order valence-electron chi connectivity index (χ4n) is 3.31. The number of nitrogens with one attached hydrogen (secondary N) is 2. The van der Waals surface area contributed by atoms with Crippen molar-refractivity contribution in [3.63, 3.8) is 0 Å². The number of hydrogen-bond acceptors (Lipinski definition) is 5. The van der Waals surface area contributed by atoms with E-state index < -0.39 is 0 Å². The van der Waals surface area contributed by atoms with Gasteiger partial charge in [-0.3, -0.25) is 9.89 Å². The second-order valence-electron chi connectivity index (χ2n) is 6.98. The van der Waals surface area contributed by atoms with Crippen molar-refractivity contribution in [2.75, 3.05) is 39.9 Å². The van der Waals surface area contributed by atoms with Gasteiger partial charge in [0.15, 0.2) is 11.8 Å². The summed E-state index contributed by atoms with van der Waals surface area (Å²) in [6.45, 7) is 10.6. The van der Waals surface area contributed by atoms with Crippen molar-refractivity contribution >= 4 is 29.9 Å². The number of aliphatic imine (C=N–C) groups is 1. The number of aryl methyl sites for hydroxylation is 1. The van der Waals surface area contributed by atoms with Crippen molar-refractivity contribution in [3.8, 4) is 0 Å². The Morgan fingerprint density at radius 2 is 1.96 bits per heavy atom. The van der Waals surface area contributed by atoms with Gasteiger partial charge in [0.05, 0.1) is 19.8 Å². The Labute approximate surface area is 166 Å². The summed E-state index contributed by atoms with van der Waals surface area (Å²) in [4.78, 5) is 6.78. The quantitative estimate of drug-likeness (QED) is 0.379. The zero-order valence-electron chi connectivity index (χ0n) is 15.4. The van der Waals surface area contributed by atoms with Crippen LogP contribution in [-0.2, 0) is 24.2 Å². The van der Waals surface area contributed by atoms with Gasteiger partial charge in [0.25, 0.3) is 0 Å². The molecule has 3 heterocycles. The van der Waals surface area contributed by atoms with Gasteiger partial charge in [-0.2, -0.15) is 0 Å². The first kappa shape index (κ1) is 20.4. The number of guanidine groups is 1. The van der Waals surface area contributed by atoms with Gasteiger partial charge in [0, 0.05) is 45.2 Å². The van der Waals surface area contributed by atoms with Crippen LogP contribution in [-0.4, -0.2) is 71.1 Å². The average molecular weight is 463 g/mol. The van der Waals surface area contributed by atoms with Gasteiger partial charge in [0.2, 0.25) is 0 Å². The first-order valence-electron chi connectivity index (χ1n) is 8.78. The lowest BCUT2D eigenvalue weighted by atomic mass is 10.0. The van der Waals surface area contributed by atoms with Crippen LogP contribution in [0.5, 0.6) is 0 Å². The van der Waals surface area contributed by atoms with Gasteiger partial charge < -0.3 is 19.9 Å². The molecule has 1 aromatic rings. The molecule has 25 heavy (non-hydrogen) atoms. The SMILES string of the molecule is CN=C(NCc1nnc2n1CCC2)NCC(C)(C)N1CCOCC1.I. The fraction of sp³-hybridized carbons (Fsp3) is 0.812. The lowest BCUT2D eigenvalue weighted by molar-refractivity contribution is -0.00834. The highest BCUT2D eigenvalue weighted by Crippen LogP contribution is 2.15. The highest BCUT2D eigenvalue weighted by Gasteiger charge is 2.28. The Morgan fingerprint density at radius 3 is 2.68 bits per heavy atom. The summed E-state index contributed by atoms with van der Waals surface area (Å²) < 4.78 is 7.65. The molecule has 0 amide bonds. The van der Waals surface area contributed by atoms with Crippen molar-refractivity contribution in [1.29, 1.82) is 0 Å². The normalized spacial score (nSPS) is 18.6. The number of hydrogen-bond donors (Lipinski definition) is 2. The first-order chi connectivity index (χ1) is 11.6. The Morgan fingerprint density at radius 1 is 1.20 bits per heavy atom. The Kier molecular flexibility index (Phi) is 7.44. The largest absolute Gasteiger partial charge is 0.379 e. The number of aromatic nitrogens is 3. The Balaban J connectivity index is 0.00000225. The van der Waals surface area contributed by atoms with E-state index in [2.05, 4.69) is 49.1 Å². The monoisotopic (exact) mass is 463 g/mol. The highest BCUT2D eigenvalue weighted by molar-refractivity contribution is 14.0. The maximum atomic E-state index is 5.44. The van der Waals surface area contributed by atoms with Gasteiger partial charge in [-0.05, 0) is 20.3 Å². The molecule has 2 N–H and O–H groups in total. The molecule has 0 spiro atoms. The van der Waals surface area contributed by atoms with E-state index in [-0.39, 0.29) is 29.5 Å². The van der Waals surface area contributed by atoms with E-state index in [1.54, 1.807) is 7.05 Å². The molecule has 0 aliphatic carbocycles. The van der Waals surface area contributed by atoms with E-state index in [4.69, 9.17) is 4.74 Å². The van der Waals surface area contributed by atoms with Crippen molar-refractivity contribution in [3.05, 3.63) is 11.6 Å². The van der Waals surface area contributed by atoms with E-state index in [0.29, 0.717) is 6.54 Å². The summed E-state index contributed by atoms with van der Waals surface area (Å²) in [5.41, 5.74) is 0.0531. The fourth-order valence-corrected chi connectivity index (χ4v) is 3.31. The van der Waals surface area contributed by atoms with Crippen molar-refractivity contribution in [2.45, 2.75) is 45.3 Å². The highest BCUT2D eigenvalue weighted by atomic mass is 127. The molecule has 9 heteroatoms. The molecule has 0 bridgehead atoms. The van der Waals surface area contributed by atoms with Crippen LogP contribution in [0.25, 0.3) is 0 Å². The zero-order valence-corrected chi connectivity index (χ0v) is 17.7. The molecular formula is C16H30IN7O. The zero-order chi connectivity index (χ0) is 17.0. The number of halogens is 1. The standard InChI is InChI=1S/C16H29N7O.HI/c1-16(2,22-7-9-24-10-8-22)12-19-15(17-3)18-11-14-21-20-13-5-4-6-23(13)14;/h4-12H2,1-3H3,(H2,17,18,19);1H. The minimum atomic E-state index is 0. The van der Waals surface area contributed by atoms with Gasteiger partial charge in [-0.15, -0.1) is 34.2 Å². The van der Waals surface area contributed by atoms with E-state index in [9.17, 15) is 0 Å². The molecule has 142 valence electrons. The number of morpholine rings is 1. The van der Waals surface area contributed by atoms with Gasteiger partial charge in [-0.1, -0.05) is 0 Å². The van der Waals surface area contributed by atoms with Crippen LogP contribution in [0.4, 0.5) is 0 Å². The summed E-state index contributed by atoms with van der Waals surface area (Å²) in [5, 5.41) is 15.3. The maximum absolute atomic E-state index is 5.44. The summed E-state index contributed by atoms with van der Waals surface area (Å²) in [5.74, 6) is 2.88. The molecule has 0 aromatic carbocycles. The van der Waals surface area contributed by atoms with Gasteiger partial charge in [0.1, 0.15) is 5.82 Å². The van der Waals surface area contributed by atoms with Crippen LogP contribution in [0.3, 0.4) is 0 Å². The number of ether oxygens (including phenoxy) is 1. The molecule has 2 aliphatic heterocycles. The summed E-state index contributed by atoms with van der Waals surface area (Å²) in [7, 11) is 1.80. The van der Waals surface area contributed by atoms with Gasteiger partial charge >= 0.3 is 0 Å². The molecule has 0 unspecified atom stereocenters. The van der Waals surface area contributed by atoms with E-state index in [1.807, 2.05) is 0 Å². The molecule has 8 nitrogen and oxygen atoms in total. The lowest BCUT2D eigenvalue weighted by Crippen LogP contribution is -2.56. The summed E-state index contributed by atoms with van der Waals surface area (Å²) in [6, 6.07) is 0. The smallest absolute Gasteiger partial charge is 0.191 e. The van der Waals surface area contributed by atoms with E-state index in [1.165, 1.54) is 6.42 Å². The summed E-state index contributed by atoms with van der Waals surface area (Å²) in [6.07, 6.45) is 2.20. The number of nitrogens with zero attached hydrogens (tertiary/aromatic N) is 5. The Hall–Kier alpha value is -0.940. The van der Waals surface area contributed by atoms with Crippen LogP contribution in [0.2, 0.25) is 0 Å². The molecule has 1 aromatic heterocycles. The predicted octanol–water partition coefficient (Wildman–Crippen LogP) is 0.618. The molecule has 1 fully saturated rings. The summed E-state index contributed by atoms with van der Waals surface area (Å²) >= 11 is 0.